The molecule has 2 fully saturated rings. The molecule has 1 aromatic heterocycles. The number of halogens is 1. The molecule has 2 saturated carbocycles. The van der Waals surface area contributed by atoms with Crippen LogP contribution in [0, 0.1) is 11.7 Å². The van der Waals surface area contributed by atoms with Crippen LogP contribution in [0.3, 0.4) is 0 Å². The molecule has 0 amide bonds. The van der Waals surface area contributed by atoms with Crippen LogP contribution in [-0.2, 0) is 4.79 Å². The summed E-state index contributed by atoms with van der Waals surface area (Å²) in [5.41, 5.74) is 4.22. The topological polar surface area (TPSA) is 64.4 Å². The van der Waals surface area contributed by atoms with Gasteiger partial charge >= 0.3 is 5.97 Å². The summed E-state index contributed by atoms with van der Waals surface area (Å²) >= 11 is 0. The minimum atomic E-state index is -0.754. The molecule has 3 aromatic rings. The van der Waals surface area contributed by atoms with Crippen LogP contribution in [0.15, 0.2) is 48.5 Å². The van der Waals surface area contributed by atoms with Crippen molar-refractivity contribution in [2.24, 2.45) is 5.92 Å². The zero-order valence-corrected chi connectivity index (χ0v) is 18.6. The molecule has 1 heterocycles. The molecule has 5 nitrogen and oxygen atoms in total. The molecule has 0 radical (unpaired) electrons. The second kappa shape index (κ2) is 8.85. The van der Waals surface area contributed by atoms with Crippen molar-refractivity contribution in [2.45, 2.75) is 43.9 Å². The van der Waals surface area contributed by atoms with Crippen LogP contribution in [-0.4, -0.2) is 28.0 Å². The number of methoxy groups -OCH3 is 1. The van der Waals surface area contributed by atoms with E-state index in [0.717, 1.165) is 48.2 Å². The Labute approximate surface area is 192 Å². The van der Waals surface area contributed by atoms with Crippen LogP contribution in [0.5, 0.6) is 5.75 Å². The number of hydrogen-bond donors (Lipinski definition) is 1. The van der Waals surface area contributed by atoms with Crippen LogP contribution in [0.1, 0.15) is 66.5 Å². The van der Waals surface area contributed by atoms with E-state index < -0.39 is 5.97 Å². The van der Waals surface area contributed by atoms with E-state index in [1.165, 1.54) is 6.07 Å². The number of aromatic nitrogens is 2. The van der Waals surface area contributed by atoms with Crippen LogP contribution in [0.25, 0.3) is 17.8 Å². The number of nitrogens with zero attached hydrogens (tertiary/aromatic N) is 2. The summed E-state index contributed by atoms with van der Waals surface area (Å²) in [6.45, 7) is 0. The van der Waals surface area contributed by atoms with Gasteiger partial charge in [-0.15, -0.1) is 0 Å². The van der Waals surface area contributed by atoms with Gasteiger partial charge in [-0.05, 0) is 72.9 Å². The molecular weight excluding hydrogens is 419 g/mol. The highest BCUT2D eigenvalue weighted by Gasteiger charge is 2.33. The van der Waals surface area contributed by atoms with Crippen molar-refractivity contribution in [1.82, 2.24) is 9.78 Å². The molecule has 2 aliphatic rings. The zero-order chi connectivity index (χ0) is 22.9. The van der Waals surface area contributed by atoms with E-state index >= 15 is 0 Å². The summed E-state index contributed by atoms with van der Waals surface area (Å²) < 4.78 is 21.6. The first-order chi connectivity index (χ1) is 16.0. The van der Waals surface area contributed by atoms with Gasteiger partial charge in [0.1, 0.15) is 17.3 Å². The van der Waals surface area contributed by atoms with E-state index in [9.17, 15) is 14.3 Å². The monoisotopic (exact) mass is 446 g/mol. The molecule has 0 aliphatic heterocycles. The fourth-order valence-electron chi connectivity index (χ4n) is 4.46. The predicted octanol–water partition coefficient (Wildman–Crippen LogP) is 6.04. The number of ether oxygens (including phenoxy) is 1. The Hall–Kier alpha value is -3.41. The normalized spacial score (nSPS) is 16.8. The van der Waals surface area contributed by atoms with Crippen molar-refractivity contribution in [1.29, 1.82) is 0 Å². The van der Waals surface area contributed by atoms with Gasteiger partial charge in [0, 0.05) is 17.7 Å². The first kappa shape index (κ1) is 21.4. The number of aliphatic carboxylic acids is 1. The highest BCUT2D eigenvalue weighted by molar-refractivity contribution is 5.70. The molecule has 1 N–H and O–H groups in total. The van der Waals surface area contributed by atoms with E-state index in [1.54, 1.807) is 23.9 Å². The molecule has 5 rings (SSSR count). The van der Waals surface area contributed by atoms with Gasteiger partial charge in [0.15, 0.2) is 0 Å². The Morgan fingerprint density at radius 3 is 2.70 bits per heavy atom. The average molecular weight is 447 g/mol. The third-order valence-corrected chi connectivity index (χ3v) is 6.50. The lowest BCUT2D eigenvalue weighted by molar-refractivity contribution is -0.137. The third kappa shape index (κ3) is 4.85. The van der Waals surface area contributed by atoms with Gasteiger partial charge in [-0.25, -0.2) is 9.07 Å². The van der Waals surface area contributed by atoms with Crippen LogP contribution in [0.2, 0.25) is 0 Å². The lowest BCUT2D eigenvalue weighted by Gasteiger charge is -2.14. The van der Waals surface area contributed by atoms with Gasteiger partial charge in [-0.2, -0.15) is 5.10 Å². The average Bonchev–Trinajstić information content (AvgIpc) is 3.75. The van der Waals surface area contributed by atoms with E-state index in [4.69, 9.17) is 4.74 Å². The van der Waals surface area contributed by atoms with Crippen molar-refractivity contribution in [3.8, 4) is 11.4 Å². The highest BCUT2D eigenvalue weighted by Crippen LogP contribution is 2.45. The van der Waals surface area contributed by atoms with Gasteiger partial charge in [-0.3, -0.25) is 4.79 Å². The second-order valence-corrected chi connectivity index (χ2v) is 9.04. The molecule has 0 saturated heterocycles. The Balaban J connectivity index is 1.43. The van der Waals surface area contributed by atoms with E-state index in [-0.39, 0.29) is 18.2 Å². The van der Waals surface area contributed by atoms with Crippen molar-refractivity contribution in [2.75, 3.05) is 7.11 Å². The summed E-state index contributed by atoms with van der Waals surface area (Å²) in [4.78, 5) is 11.3. The number of carboxylic acids is 1. The van der Waals surface area contributed by atoms with Crippen molar-refractivity contribution < 1.29 is 19.0 Å². The van der Waals surface area contributed by atoms with Gasteiger partial charge in [0.2, 0.25) is 0 Å². The minimum absolute atomic E-state index is 0.0626. The molecule has 170 valence electrons. The van der Waals surface area contributed by atoms with Gasteiger partial charge in [0.25, 0.3) is 0 Å². The number of carboxylic acid groups (broad SMARTS) is 1. The zero-order valence-electron chi connectivity index (χ0n) is 18.6. The Morgan fingerprint density at radius 2 is 2.00 bits per heavy atom. The molecular formula is C27H27FN2O3. The fourth-order valence-corrected chi connectivity index (χ4v) is 4.46. The number of carbonyl (C=O) groups is 1. The van der Waals surface area contributed by atoms with Gasteiger partial charge < -0.3 is 9.84 Å². The highest BCUT2D eigenvalue weighted by atomic mass is 19.1. The van der Waals surface area contributed by atoms with Crippen molar-refractivity contribution in [3.63, 3.8) is 0 Å². The third-order valence-electron chi connectivity index (χ3n) is 6.50. The fraction of sp³-hybridized carbons (Fsp3) is 0.333. The summed E-state index contributed by atoms with van der Waals surface area (Å²) in [6.07, 6.45) is 8.44. The molecule has 6 heteroatoms. The van der Waals surface area contributed by atoms with Crippen molar-refractivity contribution in [3.05, 3.63) is 76.9 Å². The lowest BCUT2D eigenvalue weighted by atomic mass is 9.90. The summed E-state index contributed by atoms with van der Waals surface area (Å²) in [7, 11) is 1.56. The summed E-state index contributed by atoms with van der Waals surface area (Å²) in [5.74, 6) is 0.417. The lowest BCUT2D eigenvalue weighted by Crippen LogP contribution is -2.08. The van der Waals surface area contributed by atoms with Crippen LogP contribution >= 0.6 is 0 Å². The summed E-state index contributed by atoms with van der Waals surface area (Å²) in [5, 5.41) is 14.0. The first-order valence-electron chi connectivity index (χ1n) is 11.5. The van der Waals surface area contributed by atoms with Gasteiger partial charge in [0.05, 0.1) is 19.2 Å². The molecule has 0 spiro atoms. The summed E-state index contributed by atoms with van der Waals surface area (Å²) in [6, 6.07) is 14.8. The van der Waals surface area contributed by atoms with E-state index in [2.05, 4.69) is 11.2 Å². The second-order valence-electron chi connectivity index (χ2n) is 9.04. The van der Waals surface area contributed by atoms with Crippen LogP contribution in [0.4, 0.5) is 4.39 Å². The standard InChI is InChI=1S/C27H27FN2O3/c1-33-22-11-12-24(28)26(15-22)30-25(19-8-9-19)14-21(29-30)10-5-17-3-2-4-20(13-17)23(16-27(31)32)18-6-7-18/h2-5,10-15,18-19,23H,6-9,16H2,1H3,(H,31,32). The Morgan fingerprint density at radius 1 is 1.18 bits per heavy atom. The molecule has 1 atom stereocenters. The SMILES string of the molecule is COc1ccc(F)c(-n2nc(C=Cc3cccc(C(CC(=O)O)C4CC4)c3)cc2C2CC2)c1. The van der Waals surface area contributed by atoms with Gasteiger partial charge in [-0.1, -0.05) is 30.3 Å². The number of benzene rings is 2. The maximum absolute atomic E-state index is 14.6. The largest absolute Gasteiger partial charge is 0.497 e. The molecule has 33 heavy (non-hydrogen) atoms. The van der Waals surface area contributed by atoms with E-state index in [0.29, 0.717) is 23.3 Å². The predicted molar refractivity (Wildman–Crippen MR) is 125 cm³/mol. The molecule has 0 bridgehead atoms. The van der Waals surface area contributed by atoms with Crippen LogP contribution < -0.4 is 4.74 Å². The maximum Gasteiger partial charge on any atom is 0.303 e. The first-order valence-corrected chi connectivity index (χ1v) is 11.5. The quantitative estimate of drug-likeness (QED) is 0.435. The number of hydrogen-bond acceptors (Lipinski definition) is 3. The van der Waals surface area contributed by atoms with Crippen molar-refractivity contribution >= 4 is 18.1 Å². The molecule has 1 unspecified atom stereocenters. The number of rotatable bonds is 9. The minimum Gasteiger partial charge on any atom is -0.497 e. The maximum atomic E-state index is 14.6. The smallest absolute Gasteiger partial charge is 0.303 e. The molecule has 2 aliphatic carbocycles. The Bertz CT molecular complexity index is 1210. The van der Waals surface area contributed by atoms with E-state index in [1.807, 2.05) is 36.4 Å². The Kier molecular flexibility index (Phi) is 5.75. The molecule has 2 aromatic carbocycles.